The highest BCUT2D eigenvalue weighted by molar-refractivity contribution is 5.92. The second-order valence-corrected chi connectivity index (χ2v) is 5.84. The van der Waals surface area contributed by atoms with Gasteiger partial charge < -0.3 is 14.6 Å². The standard InChI is InChI=1S/C21H21N3O2/c1-26-20-5-3-2-4-19(20)10-11-21(25)23-14-17-6-8-18(9-7-17)15-24-13-12-22-16-24/h2-13,16H,14-15H2,1H3,(H,23,25)/b11-10+. The van der Waals surface area contributed by atoms with Crippen molar-refractivity contribution in [3.8, 4) is 5.75 Å². The smallest absolute Gasteiger partial charge is 0.244 e. The van der Waals surface area contributed by atoms with E-state index in [1.807, 2.05) is 47.2 Å². The summed E-state index contributed by atoms with van der Waals surface area (Å²) in [6.45, 7) is 1.27. The monoisotopic (exact) mass is 347 g/mol. The van der Waals surface area contributed by atoms with Crippen molar-refractivity contribution in [1.82, 2.24) is 14.9 Å². The number of nitrogens with zero attached hydrogens (tertiary/aromatic N) is 2. The van der Waals surface area contributed by atoms with Crippen molar-refractivity contribution >= 4 is 12.0 Å². The Kier molecular flexibility index (Phi) is 5.83. The van der Waals surface area contributed by atoms with Gasteiger partial charge in [-0.1, -0.05) is 42.5 Å². The van der Waals surface area contributed by atoms with E-state index in [1.165, 1.54) is 11.6 Å². The van der Waals surface area contributed by atoms with E-state index in [1.54, 1.807) is 25.7 Å². The van der Waals surface area contributed by atoms with Crippen LogP contribution in [0.1, 0.15) is 16.7 Å². The van der Waals surface area contributed by atoms with E-state index in [0.29, 0.717) is 6.54 Å². The van der Waals surface area contributed by atoms with Crippen molar-refractivity contribution in [1.29, 1.82) is 0 Å². The molecule has 2 aromatic carbocycles. The minimum absolute atomic E-state index is 0.140. The van der Waals surface area contributed by atoms with Crippen LogP contribution in [0.25, 0.3) is 6.08 Å². The molecule has 1 N–H and O–H groups in total. The topological polar surface area (TPSA) is 56.1 Å². The molecule has 0 bridgehead atoms. The predicted molar refractivity (Wildman–Crippen MR) is 102 cm³/mol. The molecule has 1 aromatic heterocycles. The minimum Gasteiger partial charge on any atom is -0.496 e. The molecule has 132 valence electrons. The van der Waals surface area contributed by atoms with Gasteiger partial charge in [0.05, 0.1) is 13.4 Å². The number of carbonyl (C=O) groups is 1. The van der Waals surface area contributed by atoms with Crippen molar-refractivity contribution in [3.05, 3.63) is 90.0 Å². The molecule has 1 heterocycles. The molecule has 0 aliphatic rings. The number of ether oxygens (including phenoxy) is 1. The Balaban J connectivity index is 1.52. The third-order valence-corrected chi connectivity index (χ3v) is 3.97. The average Bonchev–Trinajstić information content (AvgIpc) is 3.19. The van der Waals surface area contributed by atoms with E-state index in [-0.39, 0.29) is 5.91 Å². The molecule has 5 heteroatoms. The zero-order chi connectivity index (χ0) is 18.2. The summed E-state index contributed by atoms with van der Waals surface area (Å²) >= 11 is 0. The largest absolute Gasteiger partial charge is 0.496 e. The second-order valence-electron chi connectivity index (χ2n) is 5.84. The van der Waals surface area contributed by atoms with E-state index in [2.05, 4.69) is 22.4 Å². The van der Waals surface area contributed by atoms with Crippen LogP contribution >= 0.6 is 0 Å². The van der Waals surface area contributed by atoms with Gasteiger partial charge in [-0.15, -0.1) is 0 Å². The van der Waals surface area contributed by atoms with Crippen LogP contribution < -0.4 is 10.1 Å². The number of hydrogen-bond donors (Lipinski definition) is 1. The molecule has 0 saturated heterocycles. The van der Waals surface area contributed by atoms with E-state index in [0.717, 1.165) is 23.4 Å². The summed E-state index contributed by atoms with van der Waals surface area (Å²) in [6.07, 6.45) is 8.76. The van der Waals surface area contributed by atoms with Crippen molar-refractivity contribution in [2.24, 2.45) is 0 Å². The molecule has 0 atom stereocenters. The van der Waals surface area contributed by atoms with Gasteiger partial charge in [-0.05, 0) is 23.3 Å². The first kappa shape index (κ1) is 17.5. The Hall–Kier alpha value is -3.34. The molecule has 0 aliphatic heterocycles. The van der Waals surface area contributed by atoms with Crippen LogP contribution in [-0.2, 0) is 17.9 Å². The van der Waals surface area contributed by atoms with Gasteiger partial charge in [-0.3, -0.25) is 4.79 Å². The molecule has 0 spiro atoms. The van der Waals surface area contributed by atoms with Crippen molar-refractivity contribution in [2.45, 2.75) is 13.1 Å². The fraction of sp³-hybridized carbons (Fsp3) is 0.143. The molecule has 0 aliphatic carbocycles. The van der Waals surface area contributed by atoms with Crippen LogP contribution in [0.5, 0.6) is 5.75 Å². The summed E-state index contributed by atoms with van der Waals surface area (Å²) in [5, 5.41) is 2.89. The summed E-state index contributed by atoms with van der Waals surface area (Å²) in [5.41, 5.74) is 3.11. The number of carbonyl (C=O) groups excluding carboxylic acids is 1. The Morgan fingerprint density at radius 3 is 2.65 bits per heavy atom. The molecular weight excluding hydrogens is 326 g/mol. The molecule has 1 amide bonds. The van der Waals surface area contributed by atoms with E-state index < -0.39 is 0 Å². The number of nitrogens with one attached hydrogen (secondary N) is 1. The first-order chi connectivity index (χ1) is 12.7. The summed E-state index contributed by atoms with van der Waals surface area (Å²) < 4.78 is 7.28. The Morgan fingerprint density at radius 1 is 1.15 bits per heavy atom. The predicted octanol–water partition coefficient (Wildman–Crippen LogP) is 3.27. The number of para-hydroxylation sites is 1. The maximum Gasteiger partial charge on any atom is 0.244 e. The number of benzene rings is 2. The fourth-order valence-corrected chi connectivity index (χ4v) is 2.57. The quantitative estimate of drug-likeness (QED) is 0.668. The molecule has 0 unspecified atom stereocenters. The molecule has 0 fully saturated rings. The lowest BCUT2D eigenvalue weighted by Crippen LogP contribution is -2.20. The van der Waals surface area contributed by atoms with Gasteiger partial charge in [0.25, 0.3) is 0 Å². The number of aromatic nitrogens is 2. The molecule has 3 rings (SSSR count). The molecular formula is C21H21N3O2. The first-order valence-electron chi connectivity index (χ1n) is 8.37. The summed E-state index contributed by atoms with van der Waals surface area (Å²) in [6, 6.07) is 15.7. The summed E-state index contributed by atoms with van der Waals surface area (Å²) in [4.78, 5) is 16.1. The number of hydrogen-bond acceptors (Lipinski definition) is 3. The summed E-state index contributed by atoms with van der Waals surface area (Å²) in [7, 11) is 1.61. The fourth-order valence-electron chi connectivity index (χ4n) is 2.57. The second kappa shape index (κ2) is 8.67. The van der Waals surface area contributed by atoms with Crippen molar-refractivity contribution < 1.29 is 9.53 Å². The Morgan fingerprint density at radius 2 is 1.92 bits per heavy atom. The number of imidazole rings is 1. The zero-order valence-electron chi connectivity index (χ0n) is 14.6. The lowest BCUT2D eigenvalue weighted by atomic mass is 10.1. The SMILES string of the molecule is COc1ccccc1/C=C/C(=O)NCc1ccc(Cn2ccnc2)cc1. The molecule has 26 heavy (non-hydrogen) atoms. The molecule has 3 aromatic rings. The van der Waals surface area contributed by atoms with Crippen LogP contribution in [0, 0.1) is 0 Å². The lowest BCUT2D eigenvalue weighted by Gasteiger charge is -2.06. The maximum absolute atomic E-state index is 12.0. The van der Waals surface area contributed by atoms with Crippen LogP contribution in [0.3, 0.4) is 0 Å². The van der Waals surface area contributed by atoms with Gasteiger partial charge in [0.2, 0.25) is 5.91 Å². The van der Waals surface area contributed by atoms with Gasteiger partial charge in [0.15, 0.2) is 0 Å². The average molecular weight is 347 g/mol. The Bertz CT molecular complexity index is 869. The highest BCUT2D eigenvalue weighted by atomic mass is 16.5. The number of methoxy groups -OCH3 is 1. The van der Waals surface area contributed by atoms with E-state index in [4.69, 9.17) is 4.74 Å². The third-order valence-electron chi connectivity index (χ3n) is 3.97. The maximum atomic E-state index is 12.0. The van der Waals surface area contributed by atoms with Crippen molar-refractivity contribution in [3.63, 3.8) is 0 Å². The van der Waals surface area contributed by atoms with Crippen LogP contribution in [0.4, 0.5) is 0 Å². The minimum atomic E-state index is -0.140. The first-order valence-corrected chi connectivity index (χ1v) is 8.37. The van der Waals surface area contributed by atoms with Gasteiger partial charge in [0.1, 0.15) is 5.75 Å². The number of amides is 1. The highest BCUT2D eigenvalue weighted by Crippen LogP contribution is 2.18. The van der Waals surface area contributed by atoms with E-state index >= 15 is 0 Å². The van der Waals surface area contributed by atoms with Gasteiger partial charge >= 0.3 is 0 Å². The van der Waals surface area contributed by atoms with Crippen molar-refractivity contribution in [2.75, 3.05) is 7.11 Å². The third kappa shape index (κ3) is 4.83. The molecule has 0 saturated carbocycles. The van der Waals surface area contributed by atoms with Gasteiger partial charge in [-0.25, -0.2) is 4.98 Å². The van der Waals surface area contributed by atoms with Crippen LogP contribution in [0.15, 0.2) is 73.3 Å². The van der Waals surface area contributed by atoms with Gasteiger partial charge in [0, 0.05) is 37.1 Å². The normalized spacial score (nSPS) is 10.8. The van der Waals surface area contributed by atoms with Crippen LogP contribution in [-0.4, -0.2) is 22.6 Å². The molecule has 5 nitrogen and oxygen atoms in total. The highest BCUT2D eigenvalue weighted by Gasteiger charge is 2.01. The lowest BCUT2D eigenvalue weighted by molar-refractivity contribution is -0.116. The van der Waals surface area contributed by atoms with Crippen LogP contribution in [0.2, 0.25) is 0 Å². The number of rotatable bonds is 7. The van der Waals surface area contributed by atoms with E-state index in [9.17, 15) is 4.79 Å². The Labute approximate surface area is 153 Å². The summed E-state index contributed by atoms with van der Waals surface area (Å²) in [5.74, 6) is 0.600. The van der Waals surface area contributed by atoms with Gasteiger partial charge in [-0.2, -0.15) is 0 Å². The molecule has 0 radical (unpaired) electrons. The zero-order valence-corrected chi connectivity index (χ0v) is 14.6.